The van der Waals surface area contributed by atoms with Crippen LogP contribution in [-0.2, 0) is 0 Å². The fourth-order valence-electron chi connectivity index (χ4n) is 1.51. The second-order valence-corrected chi connectivity index (χ2v) is 3.18. The summed E-state index contributed by atoms with van der Waals surface area (Å²) in [6.45, 7) is 9.81. The van der Waals surface area contributed by atoms with Crippen LogP contribution in [0.3, 0.4) is 0 Å². The Kier molecular flexibility index (Phi) is 6.19. The number of nitrogens with zero attached hydrogens (tertiary/aromatic N) is 1. The summed E-state index contributed by atoms with van der Waals surface area (Å²) < 4.78 is 0. The summed E-state index contributed by atoms with van der Waals surface area (Å²) in [7, 11) is 0. The first-order chi connectivity index (χ1) is 5.26. The topological polar surface area (TPSA) is 12.4 Å². The Bertz CT molecular complexity index is 103. The summed E-state index contributed by atoms with van der Waals surface area (Å²) in [5.41, 5.74) is 0. The molecule has 0 aromatic rings. The smallest absolute Gasteiger partial charge is 0.0413 e. The molecule has 0 aromatic heterocycles. The summed E-state index contributed by atoms with van der Waals surface area (Å²) in [6, 6.07) is 0. The van der Waals surface area contributed by atoms with Crippen LogP contribution in [0.15, 0.2) is 4.99 Å². The molecular weight excluding hydrogens is 134 g/mol. The summed E-state index contributed by atoms with van der Waals surface area (Å²) in [4.78, 5) is 4.26. The number of aliphatic imine (C=N–C) groups is 1. The van der Waals surface area contributed by atoms with Crippen molar-refractivity contribution in [1.29, 1.82) is 0 Å². The van der Waals surface area contributed by atoms with Crippen LogP contribution in [0.1, 0.15) is 40.5 Å². The lowest BCUT2D eigenvalue weighted by atomic mass is 9.89. The van der Waals surface area contributed by atoms with Crippen molar-refractivity contribution in [3.8, 4) is 0 Å². The Morgan fingerprint density at radius 2 is 1.82 bits per heavy atom. The molecule has 0 saturated heterocycles. The third kappa shape index (κ3) is 4.18. The van der Waals surface area contributed by atoms with E-state index in [4.69, 9.17) is 0 Å². The van der Waals surface area contributed by atoms with Crippen LogP contribution >= 0.6 is 0 Å². The normalized spacial score (nSPS) is 14.6. The van der Waals surface area contributed by atoms with Crippen LogP contribution in [0.25, 0.3) is 0 Å². The highest BCUT2D eigenvalue weighted by Gasteiger charge is 2.11. The first-order valence-corrected chi connectivity index (χ1v) is 4.70. The molecule has 0 amide bonds. The van der Waals surface area contributed by atoms with E-state index in [0.29, 0.717) is 0 Å². The summed E-state index contributed by atoms with van der Waals surface area (Å²) in [6.07, 6.45) is 4.48. The molecule has 0 bridgehead atoms. The molecule has 1 nitrogen and oxygen atoms in total. The molecule has 0 saturated carbocycles. The second-order valence-electron chi connectivity index (χ2n) is 3.18. The number of rotatable bonds is 5. The fourth-order valence-corrected chi connectivity index (χ4v) is 1.51. The van der Waals surface area contributed by atoms with Crippen molar-refractivity contribution < 1.29 is 0 Å². The Balaban J connectivity index is 3.68. The van der Waals surface area contributed by atoms with Gasteiger partial charge in [0.25, 0.3) is 0 Å². The minimum absolute atomic E-state index is 0.751. The van der Waals surface area contributed by atoms with Crippen molar-refractivity contribution in [2.75, 3.05) is 6.54 Å². The molecule has 0 aromatic carbocycles. The van der Waals surface area contributed by atoms with Crippen molar-refractivity contribution >= 4 is 6.21 Å². The van der Waals surface area contributed by atoms with Gasteiger partial charge in [0.05, 0.1) is 0 Å². The van der Waals surface area contributed by atoms with Gasteiger partial charge >= 0.3 is 0 Å². The van der Waals surface area contributed by atoms with E-state index in [1.165, 1.54) is 12.8 Å². The number of hydrogen-bond donors (Lipinski definition) is 0. The molecule has 0 rings (SSSR count). The lowest BCUT2D eigenvalue weighted by Crippen LogP contribution is -2.12. The van der Waals surface area contributed by atoms with Crippen LogP contribution in [0.5, 0.6) is 0 Å². The zero-order valence-electron chi connectivity index (χ0n) is 8.30. The highest BCUT2D eigenvalue weighted by molar-refractivity contribution is 5.53. The van der Waals surface area contributed by atoms with Gasteiger partial charge in [-0.15, -0.1) is 0 Å². The van der Waals surface area contributed by atoms with Gasteiger partial charge in [0.2, 0.25) is 0 Å². The largest absolute Gasteiger partial charge is 0.298 e. The van der Waals surface area contributed by atoms with Gasteiger partial charge in [-0.25, -0.2) is 0 Å². The molecule has 0 radical (unpaired) electrons. The minimum atomic E-state index is 0.751. The van der Waals surface area contributed by atoms with Crippen LogP contribution in [0.4, 0.5) is 0 Å². The fraction of sp³-hybridized carbons (Fsp3) is 0.900. The predicted octanol–water partition coefficient (Wildman–Crippen LogP) is 3.15. The zero-order valence-corrected chi connectivity index (χ0v) is 8.30. The van der Waals surface area contributed by atoms with Crippen LogP contribution in [0, 0.1) is 11.8 Å². The highest BCUT2D eigenvalue weighted by atomic mass is 14.7. The lowest BCUT2D eigenvalue weighted by Gasteiger charge is -2.18. The van der Waals surface area contributed by atoms with Gasteiger partial charge in [0, 0.05) is 6.54 Å². The Morgan fingerprint density at radius 3 is 2.18 bits per heavy atom. The summed E-state index contributed by atoms with van der Waals surface area (Å²) >= 11 is 0. The Labute approximate surface area is 70.9 Å². The van der Waals surface area contributed by atoms with Gasteiger partial charge in [0.1, 0.15) is 0 Å². The van der Waals surface area contributed by atoms with Crippen LogP contribution in [-0.4, -0.2) is 12.8 Å². The molecule has 11 heavy (non-hydrogen) atoms. The lowest BCUT2D eigenvalue weighted by molar-refractivity contribution is 0.345. The van der Waals surface area contributed by atoms with E-state index in [1.807, 2.05) is 13.1 Å². The van der Waals surface area contributed by atoms with E-state index >= 15 is 0 Å². The maximum absolute atomic E-state index is 4.26. The van der Waals surface area contributed by atoms with Gasteiger partial charge in [-0.2, -0.15) is 0 Å². The van der Waals surface area contributed by atoms with Crippen molar-refractivity contribution in [1.82, 2.24) is 0 Å². The molecular formula is C10H21N. The van der Waals surface area contributed by atoms with Crippen molar-refractivity contribution in [2.45, 2.75) is 40.5 Å². The highest BCUT2D eigenvalue weighted by Crippen LogP contribution is 2.18. The molecule has 1 unspecified atom stereocenters. The van der Waals surface area contributed by atoms with Gasteiger partial charge < -0.3 is 0 Å². The van der Waals surface area contributed by atoms with E-state index in [2.05, 4.69) is 25.8 Å². The molecule has 0 spiro atoms. The number of hydrogen-bond acceptors (Lipinski definition) is 1. The molecule has 0 aliphatic rings. The van der Waals surface area contributed by atoms with Gasteiger partial charge in [0.15, 0.2) is 0 Å². The second kappa shape index (κ2) is 6.38. The molecule has 0 fully saturated rings. The maximum atomic E-state index is 4.26. The third-order valence-corrected chi connectivity index (χ3v) is 2.43. The third-order valence-electron chi connectivity index (χ3n) is 2.43. The van der Waals surface area contributed by atoms with Crippen LogP contribution < -0.4 is 0 Å². The zero-order chi connectivity index (χ0) is 8.69. The van der Waals surface area contributed by atoms with E-state index in [1.54, 1.807) is 0 Å². The summed E-state index contributed by atoms with van der Waals surface area (Å²) in [5.74, 6) is 1.61. The van der Waals surface area contributed by atoms with Gasteiger partial charge in [-0.3, -0.25) is 4.99 Å². The van der Waals surface area contributed by atoms with E-state index in [9.17, 15) is 0 Å². The standard InChI is InChI=1S/C10H21N/c1-5-10(6-2)9(4)8-11-7-3/h7,9-10H,5-6,8H2,1-4H3. The predicted molar refractivity (Wildman–Crippen MR) is 52.3 cm³/mol. The molecule has 0 aliphatic heterocycles. The molecule has 66 valence electrons. The Morgan fingerprint density at radius 1 is 1.27 bits per heavy atom. The molecule has 0 aliphatic carbocycles. The van der Waals surface area contributed by atoms with Crippen molar-refractivity contribution in [3.63, 3.8) is 0 Å². The van der Waals surface area contributed by atoms with Gasteiger partial charge in [-0.1, -0.05) is 33.6 Å². The molecule has 1 atom stereocenters. The van der Waals surface area contributed by atoms with E-state index < -0.39 is 0 Å². The maximum Gasteiger partial charge on any atom is 0.0413 e. The Hall–Kier alpha value is -0.330. The first kappa shape index (κ1) is 10.7. The molecule has 0 N–H and O–H groups in total. The molecule has 0 heterocycles. The van der Waals surface area contributed by atoms with Crippen molar-refractivity contribution in [3.05, 3.63) is 0 Å². The summed E-state index contributed by atoms with van der Waals surface area (Å²) in [5, 5.41) is 0. The molecule has 1 heteroatoms. The van der Waals surface area contributed by atoms with E-state index in [-0.39, 0.29) is 0 Å². The van der Waals surface area contributed by atoms with Crippen LogP contribution in [0.2, 0.25) is 0 Å². The quantitative estimate of drug-likeness (QED) is 0.541. The average Bonchev–Trinajstić information content (AvgIpc) is 2.03. The SMILES string of the molecule is CC=NCC(C)C(CC)CC. The monoisotopic (exact) mass is 155 g/mol. The minimum Gasteiger partial charge on any atom is -0.298 e. The van der Waals surface area contributed by atoms with E-state index in [0.717, 1.165) is 18.4 Å². The van der Waals surface area contributed by atoms with Gasteiger partial charge in [-0.05, 0) is 25.0 Å². The first-order valence-electron chi connectivity index (χ1n) is 4.70. The van der Waals surface area contributed by atoms with Crippen molar-refractivity contribution in [2.24, 2.45) is 16.8 Å². The average molecular weight is 155 g/mol.